The molecule has 212 valence electrons. The van der Waals surface area contributed by atoms with Gasteiger partial charge in [-0.15, -0.1) is 0 Å². The molecule has 2 aromatic rings. The molecule has 2 amide bonds. The highest BCUT2D eigenvalue weighted by Crippen LogP contribution is 2.47. The van der Waals surface area contributed by atoms with Gasteiger partial charge in [0.05, 0.1) is 28.8 Å². The number of carbonyl (C=O) groups is 2. The zero-order chi connectivity index (χ0) is 29.1. The molecule has 1 saturated heterocycles. The Morgan fingerprint density at radius 3 is 2.15 bits per heavy atom. The van der Waals surface area contributed by atoms with Crippen LogP contribution in [0.2, 0.25) is 0 Å². The number of fused-ring (bicyclic) bond motifs is 3. The summed E-state index contributed by atoms with van der Waals surface area (Å²) in [6, 6.07) is 3.84. The average Bonchev–Trinajstić information content (AvgIpc) is 3.07. The van der Waals surface area contributed by atoms with E-state index in [0.29, 0.717) is 6.07 Å². The van der Waals surface area contributed by atoms with E-state index in [9.17, 15) is 35.9 Å². The molecule has 0 unspecified atom stereocenters. The SMILES string of the molecule is CC(C)Oc1ccc(-c2cc3c(c(C(F)(F)F)c2)C(=O)N2CCN(C(=O)OC(C)(C)C)C[C@@H]32)c(C(F)(F)F)c1. The summed E-state index contributed by atoms with van der Waals surface area (Å²) >= 11 is 0. The quantitative estimate of drug-likeness (QED) is 0.384. The number of hydrogen-bond acceptors (Lipinski definition) is 4. The highest BCUT2D eigenvalue weighted by Gasteiger charge is 2.48. The Balaban J connectivity index is 1.85. The molecule has 0 saturated carbocycles. The monoisotopic (exact) mass is 558 g/mol. The van der Waals surface area contributed by atoms with Gasteiger partial charge in [-0.05, 0) is 75.6 Å². The maximum absolute atomic E-state index is 14.2. The molecule has 2 aliphatic rings. The summed E-state index contributed by atoms with van der Waals surface area (Å²) in [6.45, 7) is 8.05. The summed E-state index contributed by atoms with van der Waals surface area (Å²) in [4.78, 5) is 28.3. The smallest absolute Gasteiger partial charge is 0.417 e. The molecule has 2 aliphatic heterocycles. The molecule has 6 nitrogen and oxygen atoms in total. The number of carbonyl (C=O) groups excluding carboxylic acids is 2. The van der Waals surface area contributed by atoms with Crippen LogP contribution in [-0.2, 0) is 17.1 Å². The van der Waals surface area contributed by atoms with Crippen LogP contribution in [-0.4, -0.2) is 53.1 Å². The summed E-state index contributed by atoms with van der Waals surface area (Å²) in [5.74, 6) is -0.964. The van der Waals surface area contributed by atoms with Crippen molar-refractivity contribution in [1.82, 2.24) is 9.80 Å². The maximum atomic E-state index is 14.2. The first kappa shape index (κ1) is 28.6. The van der Waals surface area contributed by atoms with E-state index < -0.39 is 64.4 Å². The van der Waals surface area contributed by atoms with Crippen molar-refractivity contribution in [2.45, 2.75) is 64.7 Å². The molecule has 1 atom stereocenters. The Labute approximate surface area is 221 Å². The van der Waals surface area contributed by atoms with Gasteiger partial charge in [-0.1, -0.05) is 6.07 Å². The lowest BCUT2D eigenvalue weighted by Gasteiger charge is -2.38. The van der Waals surface area contributed by atoms with Crippen molar-refractivity contribution >= 4 is 12.0 Å². The zero-order valence-electron chi connectivity index (χ0n) is 22.0. The number of benzene rings is 2. The van der Waals surface area contributed by atoms with Gasteiger partial charge in [-0.25, -0.2) is 4.79 Å². The van der Waals surface area contributed by atoms with Gasteiger partial charge in [-0.2, -0.15) is 26.3 Å². The number of halogens is 6. The predicted octanol–water partition coefficient (Wildman–Crippen LogP) is 6.93. The van der Waals surface area contributed by atoms with Crippen molar-refractivity contribution in [3.8, 4) is 16.9 Å². The summed E-state index contributed by atoms with van der Waals surface area (Å²) in [5, 5.41) is 0. The van der Waals surface area contributed by atoms with Gasteiger partial charge >= 0.3 is 18.4 Å². The van der Waals surface area contributed by atoms with Crippen molar-refractivity contribution in [3.63, 3.8) is 0 Å². The van der Waals surface area contributed by atoms with E-state index in [1.807, 2.05) is 0 Å². The number of ether oxygens (including phenoxy) is 2. The molecule has 1 fully saturated rings. The average molecular weight is 559 g/mol. The van der Waals surface area contributed by atoms with Crippen LogP contribution < -0.4 is 4.74 Å². The third kappa shape index (κ3) is 5.79. The standard InChI is InChI=1S/C27H28F6N2O4/c1-14(2)38-16-6-7-17(19(12-16)26(28,29)30)15-10-18-21-13-34(24(37)39-25(3,4)5)8-9-35(21)23(36)22(18)20(11-15)27(31,32)33/h6-7,10-12,14,21H,8-9,13H2,1-5H3/t21-/m0/s1. The highest BCUT2D eigenvalue weighted by atomic mass is 19.4. The lowest BCUT2D eigenvalue weighted by Crippen LogP contribution is -2.50. The lowest BCUT2D eigenvalue weighted by molar-refractivity contribution is -0.138. The van der Waals surface area contributed by atoms with Crippen LogP contribution in [0.5, 0.6) is 5.75 Å². The van der Waals surface area contributed by atoms with Crippen LogP contribution in [0, 0.1) is 0 Å². The van der Waals surface area contributed by atoms with Crippen molar-refractivity contribution in [2.75, 3.05) is 19.6 Å². The van der Waals surface area contributed by atoms with E-state index in [4.69, 9.17) is 9.47 Å². The third-order valence-electron chi connectivity index (χ3n) is 6.32. The maximum Gasteiger partial charge on any atom is 0.417 e. The number of nitrogens with zero attached hydrogens (tertiary/aromatic N) is 2. The molecule has 0 bridgehead atoms. The van der Waals surface area contributed by atoms with Gasteiger partial charge in [0.2, 0.25) is 0 Å². The molecule has 12 heteroatoms. The molecule has 2 heterocycles. The Morgan fingerprint density at radius 1 is 0.949 bits per heavy atom. The zero-order valence-corrected chi connectivity index (χ0v) is 22.0. The summed E-state index contributed by atoms with van der Waals surface area (Å²) in [5.41, 5.74) is -4.87. The van der Waals surface area contributed by atoms with E-state index in [1.165, 1.54) is 21.9 Å². The Morgan fingerprint density at radius 2 is 1.59 bits per heavy atom. The van der Waals surface area contributed by atoms with Crippen LogP contribution in [0.4, 0.5) is 31.1 Å². The van der Waals surface area contributed by atoms with Gasteiger partial charge < -0.3 is 19.3 Å². The fraction of sp³-hybridized carbons (Fsp3) is 0.481. The molecule has 0 N–H and O–H groups in total. The first-order valence-corrected chi connectivity index (χ1v) is 12.3. The molecular weight excluding hydrogens is 530 g/mol. The molecule has 0 radical (unpaired) electrons. The van der Waals surface area contributed by atoms with Crippen molar-refractivity contribution in [1.29, 1.82) is 0 Å². The molecule has 0 spiro atoms. The van der Waals surface area contributed by atoms with Crippen LogP contribution in [0.1, 0.15) is 67.7 Å². The lowest BCUT2D eigenvalue weighted by atomic mass is 9.90. The number of alkyl halides is 6. The Hall–Kier alpha value is -3.44. The number of rotatable bonds is 3. The molecule has 0 aliphatic carbocycles. The third-order valence-corrected chi connectivity index (χ3v) is 6.32. The first-order valence-electron chi connectivity index (χ1n) is 12.3. The van der Waals surface area contributed by atoms with Crippen LogP contribution in [0.3, 0.4) is 0 Å². The largest absolute Gasteiger partial charge is 0.491 e. The molecule has 39 heavy (non-hydrogen) atoms. The van der Waals surface area contributed by atoms with Gasteiger partial charge in [0.15, 0.2) is 0 Å². The molecule has 4 rings (SSSR count). The van der Waals surface area contributed by atoms with E-state index in [-0.39, 0.29) is 36.5 Å². The van der Waals surface area contributed by atoms with Crippen LogP contribution in [0.15, 0.2) is 30.3 Å². The number of amides is 2. The fourth-order valence-electron chi connectivity index (χ4n) is 4.83. The number of hydrogen-bond donors (Lipinski definition) is 0. The van der Waals surface area contributed by atoms with Gasteiger partial charge in [0.25, 0.3) is 5.91 Å². The van der Waals surface area contributed by atoms with Crippen molar-refractivity contribution < 1.29 is 45.4 Å². The minimum Gasteiger partial charge on any atom is -0.491 e. The van der Waals surface area contributed by atoms with Gasteiger partial charge in [-0.3, -0.25) is 4.79 Å². The molecule has 0 aromatic heterocycles. The van der Waals surface area contributed by atoms with E-state index >= 15 is 0 Å². The van der Waals surface area contributed by atoms with Crippen molar-refractivity contribution in [3.05, 3.63) is 52.6 Å². The molecule has 2 aromatic carbocycles. The van der Waals surface area contributed by atoms with Crippen LogP contribution >= 0.6 is 0 Å². The Bertz CT molecular complexity index is 1300. The minimum atomic E-state index is -5.02. The van der Waals surface area contributed by atoms with Crippen LogP contribution in [0.25, 0.3) is 11.1 Å². The summed E-state index contributed by atoms with van der Waals surface area (Å²) in [6.07, 6.45) is -11.0. The fourth-order valence-corrected chi connectivity index (χ4v) is 4.83. The van der Waals surface area contributed by atoms with E-state index in [1.54, 1.807) is 34.6 Å². The normalized spacial score (nSPS) is 17.8. The Kier molecular flexibility index (Phi) is 7.06. The van der Waals surface area contributed by atoms with E-state index in [2.05, 4.69) is 0 Å². The second-order valence-corrected chi connectivity index (χ2v) is 10.8. The summed E-state index contributed by atoms with van der Waals surface area (Å²) < 4.78 is 95.6. The highest BCUT2D eigenvalue weighted by molar-refractivity contribution is 6.02. The second kappa shape index (κ2) is 9.63. The van der Waals surface area contributed by atoms with Gasteiger partial charge in [0.1, 0.15) is 11.4 Å². The van der Waals surface area contributed by atoms with E-state index in [0.717, 1.165) is 12.1 Å². The summed E-state index contributed by atoms with van der Waals surface area (Å²) in [7, 11) is 0. The minimum absolute atomic E-state index is 0.0366. The first-order chi connectivity index (χ1) is 17.9. The molecular formula is C27H28F6N2O4. The van der Waals surface area contributed by atoms with Gasteiger partial charge in [0, 0.05) is 19.6 Å². The predicted molar refractivity (Wildman–Crippen MR) is 129 cm³/mol. The number of piperazine rings is 1. The van der Waals surface area contributed by atoms with Crippen molar-refractivity contribution in [2.24, 2.45) is 0 Å². The second-order valence-electron chi connectivity index (χ2n) is 10.8. The topological polar surface area (TPSA) is 59.1 Å².